The summed E-state index contributed by atoms with van der Waals surface area (Å²) in [5.41, 5.74) is 4.30. The van der Waals surface area contributed by atoms with Crippen LogP contribution in [0, 0.1) is 6.92 Å². The summed E-state index contributed by atoms with van der Waals surface area (Å²) in [6, 6.07) is 17.2. The Labute approximate surface area is 169 Å². The van der Waals surface area contributed by atoms with Crippen LogP contribution in [-0.2, 0) is 4.74 Å². The third kappa shape index (κ3) is 4.21. The molecule has 0 spiro atoms. The summed E-state index contributed by atoms with van der Waals surface area (Å²) in [5.74, 6) is 0.649. The number of nitrogens with one attached hydrogen (secondary N) is 1. The van der Waals surface area contributed by atoms with E-state index in [2.05, 4.69) is 9.88 Å². The molecule has 28 heavy (non-hydrogen) atoms. The van der Waals surface area contributed by atoms with E-state index < -0.39 is 0 Å². The maximum Gasteiger partial charge on any atom is 0.253 e. The summed E-state index contributed by atoms with van der Waals surface area (Å²) in [4.78, 5) is 12.7. The van der Waals surface area contributed by atoms with Crippen LogP contribution in [0.4, 0.5) is 0 Å². The van der Waals surface area contributed by atoms with Crippen molar-refractivity contribution in [1.29, 1.82) is 0 Å². The molecular formula is C22H23ClN2O3. The average molecular weight is 399 g/mol. The maximum atomic E-state index is 12.7. The number of ether oxygens (including phenoxy) is 2. The van der Waals surface area contributed by atoms with E-state index in [1.165, 1.54) is 0 Å². The predicted octanol–water partition coefficient (Wildman–Crippen LogP) is 4.49. The Bertz CT molecular complexity index is 947. The molecule has 0 radical (unpaired) electrons. The van der Waals surface area contributed by atoms with Crippen LogP contribution in [0.25, 0.3) is 16.9 Å². The van der Waals surface area contributed by atoms with Crippen molar-refractivity contribution in [3.05, 3.63) is 70.9 Å². The van der Waals surface area contributed by atoms with Gasteiger partial charge in [0.15, 0.2) is 0 Å². The van der Waals surface area contributed by atoms with E-state index in [0.717, 1.165) is 28.4 Å². The number of methoxy groups -OCH3 is 2. The first-order valence-corrected chi connectivity index (χ1v) is 9.32. The Kier molecular flexibility index (Phi) is 6.39. The highest BCUT2D eigenvalue weighted by Gasteiger charge is 2.19. The third-order valence-electron chi connectivity index (χ3n) is 4.55. The Hall–Kier alpha value is -2.76. The quantitative estimate of drug-likeness (QED) is 0.596. The van der Waals surface area contributed by atoms with Gasteiger partial charge in [-0.15, -0.1) is 0 Å². The standard InChI is InChI=1S/C22H23ClN2O3/c1-15-20(22(26)24-12-13-27-2)14-21(16-4-6-17(23)7-5-16)25(15)18-8-10-19(28-3)11-9-18/h4-11,14H,12-13H2,1-3H3,(H,24,26). The van der Waals surface area contributed by atoms with Gasteiger partial charge in [-0.3, -0.25) is 4.79 Å². The van der Waals surface area contributed by atoms with Crippen molar-refractivity contribution < 1.29 is 14.3 Å². The molecule has 1 aromatic heterocycles. The molecule has 2 aromatic carbocycles. The number of aromatic nitrogens is 1. The SMILES string of the molecule is COCCNC(=O)c1cc(-c2ccc(Cl)cc2)n(-c2ccc(OC)cc2)c1C. The van der Waals surface area contributed by atoms with Gasteiger partial charge in [-0.05, 0) is 55.0 Å². The number of rotatable bonds is 7. The molecule has 5 nitrogen and oxygen atoms in total. The average Bonchev–Trinajstić information content (AvgIpc) is 3.06. The second-order valence-electron chi connectivity index (χ2n) is 6.32. The lowest BCUT2D eigenvalue weighted by Gasteiger charge is -2.13. The summed E-state index contributed by atoms with van der Waals surface area (Å²) in [7, 11) is 3.24. The van der Waals surface area contributed by atoms with Crippen LogP contribution < -0.4 is 10.1 Å². The van der Waals surface area contributed by atoms with Gasteiger partial charge in [0.1, 0.15) is 5.75 Å². The molecule has 6 heteroatoms. The molecule has 0 bridgehead atoms. The van der Waals surface area contributed by atoms with E-state index in [9.17, 15) is 4.79 Å². The highest BCUT2D eigenvalue weighted by atomic mass is 35.5. The zero-order chi connectivity index (χ0) is 20.1. The molecule has 0 aliphatic carbocycles. The molecule has 0 saturated carbocycles. The summed E-state index contributed by atoms with van der Waals surface area (Å²) in [6.07, 6.45) is 0. The van der Waals surface area contributed by atoms with E-state index >= 15 is 0 Å². The molecule has 0 atom stereocenters. The Morgan fingerprint density at radius 3 is 2.36 bits per heavy atom. The maximum absolute atomic E-state index is 12.7. The Morgan fingerprint density at radius 2 is 1.75 bits per heavy atom. The largest absolute Gasteiger partial charge is 0.497 e. The van der Waals surface area contributed by atoms with Crippen LogP contribution in [0.3, 0.4) is 0 Å². The zero-order valence-electron chi connectivity index (χ0n) is 16.2. The molecule has 1 heterocycles. The topological polar surface area (TPSA) is 52.5 Å². The Balaban J connectivity index is 2.08. The van der Waals surface area contributed by atoms with Gasteiger partial charge in [0.25, 0.3) is 5.91 Å². The highest BCUT2D eigenvalue weighted by Crippen LogP contribution is 2.31. The van der Waals surface area contributed by atoms with Crippen molar-refractivity contribution in [2.45, 2.75) is 6.92 Å². The van der Waals surface area contributed by atoms with E-state index in [-0.39, 0.29) is 5.91 Å². The molecule has 0 aliphatic heterocycles. The fourth-order valence-electron chi connectivity index (χ4n) is 3.10. The van der Waals surface area contributed by atoms with Gasteiger partial charge in [0.2, 0.25) is 0 Å². The van der Waals surface area contributed by atoms with E-state index in [1.54, 1.807) is 14.2 Å². The van der Waals surface area contributed by atoms with Crippen molar-refractivity contribution in [2.24, 2.45) is 0 Å². The summed E-state index contributed by atoms with van der Waals surface area (Å²) in [5, 5.41) is 3.56. The lowest BCUT2D eigenvalue weighted by Crippen LogP contribution is -2.27. The first-order chi connectivity index (χ1) is 13.5. The van der Waals surface area contributed by atoms with E-state index in [0.29, 0.717) is 23.7 Å². The molecule has 146 valence electrons. The van der Waals surface area contributed by atoms with Gasteiger partial charge in [0, 0.05) is 30.1 Å². The first-order valence-electron chi connectivity index (χ1n) is 8.95. The van der Waals surface area contributed by atoms with Crippen LogP contribution in [0.5, 0.6) is 5.75 Å². The smallest absolute Gasteiger partial charge is 0.253 e. The van der Waals surface area contributed by atoms with Gasteiger partial charge < -0.3 is 19.4 Å². The van der Waals surface area contributed by atoms with Gasteiger partial charge >= 0.3 is 0 Å². The lowest BCUT2D eigenvalue weighted by atomic mass is 10.1. The van der Waals surface area contributed by atoms with Crippen molar-refractivity contribution in [2.75, 3.05) is 27.4 Å². The summed E-state index contributed by atoms with van der Waals surface area (Å²) < 4.78 is 12.3. The summed E-state index contributed by atoms with van der Waals surface area (Å²) in [6.45, 7) is 2.86. The van der Waals surface area contributed by atoms with E-state index in [1.807, 2.05) is 61.5 Å². The van der Waals surface area contributed by atoms with Gasteiger partial charge in [-0.25, -0.2) is 0 Å². The molecule has 1 amide bonds. The monoisotopic (exact) mass is 398 g/mol. The molecular weight excluding hydrogens is 376 g/mol. The number of hydrogen-bond donors (Lipinski definition) is 1. The van der Waals surface area contributed by atoms with Crippen molar-refractivity contribution >= 4 is 17.5 Å². The van der Waals surface area contributed by atoms with Crippen molar-refractivity contribution in [3.8, 4) is 22.7 Å². The normalized spacial score (nSPS) is 10.7. The van der Waals surface area contributed by atoms with Gasteiger partial charge in [-0.2, -0.15) is 0 Å². The third-order valence-corrected chi connectivity index (χ3v) is 4.81. The van der Waals surface area contributed by atoms with Crippen LogP contribution in [-0.4, -0.2) is 37.8 Å². The van der Waals surface area contributed by atoms with Crippen LogP contribution >= 0.6 is 11.6 Å². The van der Waals surface area contributed by atoms with Crippen molar-refractivity contribution in [1.82, 2.24) is 9.88 Å². The molecule has 0 saturated heterocycles. The van der Waals surface area contributed by atoms with Gasteiger partial charge in [0.05, 0.1) is 25.0 Å². The number of nitrogens with zero attached hydrogens (tertiary/aromatic N) is 1. The minimum atomic E-state index is -0.128. The molecule has 0 fully saturated rings. The lowest BCUT2D eigenvalue weighted by molar-refractivity contribution is 0.0936. The Morgan fingerprint density at radius 1 is 1.07 bits per heavy atom. The number of carbonyl (C=O) groups is 1. The van der Waals surface area contributed by atoms with Crippen LogP contribution in [0.2, 0.25) is 5.02 Å². The summed E-state index contributed by atoms with van der Waals surface area (Å²) >= 11 is 6.05. The zero-order valence-corrected chi connectivity index (χ0v) is 16.9. The van der Waals surface area contributed by atoms with E-state index in [4.69, 9.17) is 21.1 Å². The van der Waals surface area contributed by atoms with Gasteiger partial charge in [-0.1, -0.05) is 23.7 Å². The number of amides is 1. The fraction of sp³-hybridized carbons (Fsp3) is 0.227. The molecule has 3 aromatic rings. The minimum absolute atomic E-state index is 0.128. The number of carbonyl (C=O) groups excluding carboxylic acids is 1. The van der Waals surface area contributed by atoms with Crippen LogP contribution in [0.15, 0.2) is 54.6 Å². The van der Waals surface area contributed by atoms with Crippen molar-refractivity contribution in [3.63, 3.8) is 0 Å². The minimum Gasteiger partial charge on any atom is -0.497 e. The second kappa shape index (κ2) is 8.95. The van der Waals surface area contributed by atoms with Crippen LogP contribution in [0.1, 0.15) is 16.1 Å². The molecule has 1 N–H and O–H groups in total. The predicted molar refractivity (Wildman–Crippen MR) is 112 cm³/mol. The fourth-order valence-corrected chi connectivity index (χ4v) is 3.22. The first kappa shape index (κ1) is 20.0. The number of halogens is 1. The number of hydrogen-bond acceptors (Lipinski definition) is 3. The highest BCUT2D eigenvalue weighted by molar-refractivity contribution is 6.30. The molecule has 0 unspecified atom stereocenters. The number of benzene rings is 2. The molecule has 0 aliphatic rings. The molecule has 3 rings (SSSR count). The second-order valence-corrected chi connectivity index (χ2v) is 6.75.